The quantitative estimate of drug-likeness (QED) is 0.416. The zero-order valence-electron chi connectivity index (χ0n) is 17.2. The van der Waals surface area contributed by atoms with Gasteiger partial charge in [-0.15, -0.1) is 0 Å². The molecule has 0 spiro atoms. The first-order valence-electron chi connectivity index (χ1n) is 9.87. The zero-order valence-corrected chi connectivity index (χ0v) is 17.2. The van der Waals surface area contributed by atoms with Crippen molar-refractivity contribution in [2.24, 2.45) is 0 Å². The topological polar surface area (TPSA) is 72.6 Å². The van der Waals surface area contributed by atoms with Crippen molar-refractivity contribution in [3.05, 3.63) is 82.9 Å². The fourth-order valence-electron chi connectivity index (χ4n) is 3.52. The van der Waals surface area contributed by atoms with E-state index in [9.17, 15) is 9.90 Å². The van der Waals surface area contributed by atoms with Gasteiger partial charge in [-0.2, -0.15) is 0 Å². The summed E-state index contributed by atoms with van der Waals surface area (Å²) in [6.45, 7) is 6.89. The van der Waals surface area contributed by atoms with E-state index < -0.39 is 5.97 Å². The van der Waals surface area contributed by atoms with Gasteiger partial charge in [-0.3, -0.25) is 0 Å². The maximum atomic E-state index is 11.2. The first kappa shape index (κ1) is 19.7. The maximum Gasteiger partial charge on any atom is 0.335 e. The number of aromatic carboxylic acids is 1. The third kappa shape index (κ3) is 4.06. The number of aromatic nitrogens is 1. The highest BCUT2D eigenvalue weighted by Gasteiger charge is 2.12. The average Bonchev–Trinajstić information content (AvgIpc) is 3.15. The SMILES string of the molecule is Cc1cc(OCc2ccc3oc(-c4cccc(C(=O)O)c4)nc3c2)ccc1C(C)C. The number of nitrogens with zero attached hydrogens (tertiary/aromatic N) is 1. The molecule has 4 aromatic rings. The van der Waals surface area contributed by atoms with Gasteiger partial charge in [0.2, 0.25) is 5.89 Å². The van der Waals surface area contributed by atoms with Gasteiger partial charge in [0.15, 0.2) is 5.58 Å². The second-order valence-electron chi connectivity index (χ2n) is 7.67. The fourth-order valence-corrected chi connectivity index (χ4v) is 3.52. The predicted molar refractivity (Wildman–Crippen MR) is 116 cm³/mol. The lowest BCUT2D eigenvalue weighted by Crippen LogP contribution is -1.97. The number of hydrogen-bond acceptors (Lipinski definition) is 4. The van der Waals surface area contributed by atoms with Crippen molar-refractivity contribution in [2.75, 3.05) is 0 Å². The van der Waals surface area contributed by atoms with Crippen molar-refractivity contribution in [3.63, 3.8) is 0 Å². The van der Waals surface area contributed by atoms with Crippen LogP contribution in [0.25, 0.3) is 22.6 Å². The number of rotatable bonds is 6. The summed E-state index contributed by atoms with van der Waals surface area (Å²) in [5.41, 5.74) is 5.71. The van der Waals surface area contributed by atoms with Crippen molar-refractivity contribution < 1.29 is 19.1 Å². The van der Waals surface area contributed by atoms with Crippen LogP contribution in [-0.4, -0.2) is 16.1 Å². The second-order valence-corrected chi connectivity index (χ2v) is 7.67. The van der Waals surface area contributed by atoms with E-state index >= 15 is 0 Å². The van der Waals surface area contributed by atoms with Gasteiger partial charge >= 0.3 is 5.97 Å². The number of hydrogen-bond donors (Lipinski definition) is 1. The summed E-state index contributed by atoms with van der Waals surface area (Å²) >= 11 is 0. The molecule has 1 N–H and O–H groups in total. The van der Waals surface area contributed by atoms with E-state index in [1.165, 1.54) is 11.1 Å². The van der Waals surface area contributed by atoms with Crippen molar-refractivity contribution in [2.45, 2.75) is 33.3 Å². The Morgan fingerprint density at radius 2 is 1.93 bits per heavy atom. The maximum absolute atomic E-state index is 11.2. The molecule has 3 aromatic carbocycles. The molecular formula is C25H23NO4. The lowest BCUT2D eigenvalue weighted by molar-refractivity contribution is 0.0697. The van der Waals surface area contributed by atoms with Gasteiger partial charge < -0.3 is 14.3 Å². The van der Waals surface area contributed by atoms with E-state index in [-0.39, 0.29) is 5.56 Å². The summed E-state index contributed by atoms with van der Waals surface area (Å²) in [6, 6.07) is 18.5. The van der Waals surface area contributed by atoms with Crippen LogP contribution in [0.1, 0.15) is 46.8 Å². The van der Waals surface area contributed by atoms with Gasteiger partial charge in [-0.1, -0.05) is 32.0 Å². The van der Waals surface area contributed by atoms with Crippen LogP contribution in [0.2, 0.25) is 0 Å². The molecule has 0 saturated heterocycles. The number of aryl methyl sites for hydroxylation is 1. The molecule has 152 valence electrons. The molecule has 0 aliphatic rings. The fraction of sp³-hybridized carbons (Fsp3) is 0.200. The number of fused-ring (bicyclic) bond motifs is 1. The zero-order chi connectivity index (χ0) is 21.3. The van der Waals surface area contributed by atoms with E-state index in [1.54, 1.807) is 24.3 Å². The minimum absolute atomic E-state index is 0.197. The Morgan fingerprint density at radius 3 is 2.67 bits per heavy atom. The molecule has 0 aliphatic heterocycles. The highest BCUT2D eigenvalue weighted by atomic mass is 16.5. The number of benzene rings is 3. The van der Waals surface area contributed by atoms with Crippen LogP contribution in [0, 0.1) is 6.92 Å². The largest absolute Gasteiger partial charge is 0.489 e. The van der Waals surface area contributed by atoms with Crippen LogP contribution in [0.5, 0.6) is 5.75 Å². The third-order valence-electron chi connectivity index (χ3n) is 5.08. The Labute approximate surface area is 175 Å². The van der Waals surface area contributed by atoms with E-state index in [1.807, 2.05) is 24.3 Å². The summed E-state index contributed by atoms with van der Waals surface area (Å²) in [7, 11) is 0. The molecule has 0 radical (unpaired) electrons. The molecule has 0 aliphatic carbocycles. The molecule has 0 saturated carbocycles. The van der Waals surface area contributed by atoms with Gasteiger partial charge in [0.25, 0.3) is 0 Å². The van der Waals surface area contributed by atoms with Crippen LogP contribution in [-0.2, 0) is 6.61 Å². The molecule has 1 aromatic heterocycles. The molecule has 0 unspecified atom stereocenters. The molecule has 5 heteroatoms. The number of oxazole rings is 1. The normalized spacial score (nSPS) is 11.2. The molecule has 0 amide bonds. The van der Waals surface area contributed by atoms with Crippen LogP contribution in [0.4, 0.5) is 0 Å². The van der Waals surface area contributed by atoms with Crippen LogP contribution in [0.3, 0.4) is 0 Å². The van der Waals surface area contributed by atoms with Gasteiger partial charge in [0.05, 0.1) is 5.56 Å². The van der Waals surface area contributed by atoms with E-state index in [4.69, 9.17) is 9.15 Å². The molecule has 0 fully saturated rings. The summed E-state index contributed by atoms with van der Waals surface area (Å²) in [5.74, 6) is 0.734. The minimum Gasteiger partial charge on any atom is -0.489 e. The average molecular weight is 401 g/mol. The summed E-state index contributed by atoms with van der Waals surface area (Å²) in [4.78, 5) is 15.7. The molecule has 5 nitrogen and oxygen atoms in total. The Kier molecular flexibility index (Phi) is 5.27. The first-order chi connectivity index (χ1) is 14.4. The number of carboxylic acids is 1. The lowest BCUT2D eigenvalue weighted by atomic mass is 9.98. The van der Waals surface area contributed by atoms with Crippen molar-refractivity contribution >= 4 is 17.1 Å². The standard InChI is InChI=1S/C25H23NO4/c1-15(2)21-9-8-20(11-16(21)3)29-14-17-7-10-23-22(12-17)26-24(30-23)18-5-4-6-19(13-18)25(27)28/h4-13,15H,14H2,1-3H3,(H,27,28). The smallest absolute Gasteiger partial charge is 0.335 e. The van der Waals surface area contributed by atoms with E-state index in [0.717, 1.165) is 11.3 Å². The Bertz CT molecular complexity index is 1220. The Morgan fingerprint density at radius 1 is 1.10 bits per heavy atom. The van der Waals surface area contributed by atoms with Gasteiger partial charge in [-0.05, 0) is 72.0 Å². The van der Waals surface area contributed by atoms with E-state index in [2.05, 4.69) is 37.9 Å². The summed E-state index contributed by atoms with van der Waals surface area (Å²) in [5, 5.41) is 9.18. The van der Waals surface area contributed by atoms with Crippen LogP contribution in [0.15, 0.2) is 65.1 Å². The Balaban J connectivity index is 1.53. The van der Waals surface area contributed by atoms with Gasteiger partial charge in [-0.25, -0.2) is 9.78 Å². The third-order valence-corrected chi connectivity index (χ3v) is 5.08. The molecule has 0 atom stereocenters. The van der Waals surface area contributed by atoms with Gasteiger partial charge in [0.1, 0.15) is 17.9 Å². The molecule has 30 heavy (non-hydrogen) atoms. The predicted octanol–water partition coefficient (Wildman–Crippen LogP) is 6.20. The Hall–Kier alpha value is -3.60. The number of carbonyl (C=O) groups is 1. The molecule has 4 rings (SSSR count). The molecule has 0 bridgehead atoms. The monoisotopic (exact) mass is 401 g/mol. The number of ether oxygens (including phenoxy) is 1. The molecular weight excluding hydrogens is 378 g/mol. The lowest BCUT2D eigenvalue weighted by Gasteiger charge is -2.12. The van der Waals surface area contributed by atoms with Crippen molar-refractivity contribution in [3.8, 4) is 17.2 Å². The number of carboxylic acid groups (broad SMARTS) is 1. The van der Waals surface area contributed by atoms with Crippen molar-refractivity contribution in [1.82, 2.24) is 4.98 Å². The van der Waals surface area contributed by atoms with E-state index in [0.29, 0.717) is 35.1 Å². The highest BCUT2D eigenvalue weighted by Crippen LogP contribution is 2.27. The molecule has 1 heterocycles. The summed E-state index contributed by atoms with van der Waals surface area (Å²) < 4.78 is 11.8. The van der Waals surface area contributed by atoms with Crippen LogP contribution < -0.4 is 4.74 Å². The highest BCUT2D eigenvalue weighted by molar-refractivity contribution is 5.89. The van der Waals surface area contributed by atoms with Crippen molar-refractivity contribution in [1.29, 1.82) is 0 Å². The second kappa shape index (κ2) is 8.03. The first-order valence-corrected chi connectivity index (χ1v) is 9.87. The van der Waals surface area contributed by atoms with Gasteiger partial charge in [0, 0.05) is 5.56 Å². The summed E-state index contributed by atoms with van der Waals surface area (Å²) in [6.07, 6.45) is 0. The minimum atomic E-state index is -0.982. The van der Waals surface area contributed by atoms with Crippen LogP contribution >= 0.6 is 0 Å².